The fourth-order valence-electron chi connectivity index (χ4n) is 2.55. The normalized spacial score (nSPS) is 10.7. The molecule has 0 saturated heterocycles. The van der Waals surface area contributed by atoms with Crippen LogP contribution in [0.2, 0.25) is 4.34 Å². The average molecular weight is 389 g/mol. The van der Waals surface area contributed by atoms with Gasteiger partial charge in [0.25, 0.3) is 5.91 Å². The van der Waals surface area contributed by atoms with Gasteiger partial charge in [-0.25, -0.2) is 4.79 Å². The maximum atomic E-state index is 12.5. The summed E-state index contributed by atoms with van der Waals surface area (Å²) in [6, 6.07) is 12.7. The van der Waals surface area contributed by atoms with Crippen LogP contribution in [0.1, 0.15) is 20.9 Å². The van der Waals surface area contributed by atoms with E-state index in [1.165, 1.54) is 16.2 Å². The number of hydrogen-bond donors (Lipinski definition) is 0. The molecule has 0 atom stereocenters. The van der Waals surface area contributed by atoms with E-state index in [2.05, 4.69) is 4.98 Å². The van der Waals surface area contributed by atoms with Crippen LogP contribution in [0.5, 0.6) is 0 Å². The Labute approximate surface area is 160 Å². The number of carbonyl (C=O) groups is 2. The van der Waals surface area contributed by atoms with E-state index in [4.69, 9.17) is 16.3 Å². The Balaban J connectivity index is 1.66. The van der Waals surface area contributed by atoms with Crippen LogP contribution >= 0.6 is 22.9 Å². The number of thiophene rings is 1. The summed E-state index contributed by atoms with van der Waals surface area (Å²) in [6.07, 6.45) is 0. The maximum absolute atomic E-state index is 12.5. The van der Waals surface area contributed by atoms with Gasteiger partial charge < -0.3 is 9.64 Å². The molecule has 7 heteroatoms. The third-order valence-corrected chi connectivity index (χ3v) is 5.05. The molecule has 0 spiro atoms. The van der Waals surface area contributed by atoms with Crippen LogP contribution in [0.15, 0.2) is 42.5 Å². The second kappa shape index (κ2) is 7.85. The zero-order chi connectivity index (χ0) is 18.7. The summed E-state index contributed by atoms with van der Waals surface area (Å²) in [5.41, 5.74) is 1.85. The van der Waals surface area contributed by atoms with Gasteiger partial charge in [-0.2, -0.15) is 0 Å². The molecule has 5 nitrogen and oxygen atoms in total. The molecule has 26 heavy (non-hydrogen) atoms. The van der Waals surface area contributed by atoms with Crippen LogP contribution in [0.4, 0.5) is 0 Å². The smallest absolute Gasteiger partial charge is 0.339 e. The third-order valence-electron chi connectivity index (χ3n) is 3.84. The van der Waals surface area contributed by atoms with Gasteiger partial charge in [-0.3, -0.25) is 9.78 Å². The quantitative estimate of drug-likeness (QED) is 0.618. The summed E-state index contributed by atoms with van der Waals surface area (Å²) in [7, 11) is 1.66. The van der Waals surface area contributed by atoms with E-state index in [-0.39, 0.29) is 12.5 Å². The van der Waals surface area contributed by atoms with E-state index < -0.39 is 5.97 Å². The number of fused-ring (bicyclic) bond motifs is 1. The van der Waals surface area contributed by atoms with Gasteiger partial charge in [-0.05, 0) is 31.2 Å². The molecule has 134 valence electrons. The monoisotopic (exact) mass is 388 g/mol. The SMILES string of the molecule is Cc1cc(C(=O)OCC(=O)N(C)Cc2ccc(Cl)s2)c2ccccc2n1. The van der Waals surface area contributed by atoms with Crippen LogP contribution in [-0.2, 0) is 16.1 Å². The van der Waals surface area contributed by atoms with Crippen LogP contribution in [0.25, 0.3) is 10.9 Å². The van der Waals surface area contributed by atoms with Crippen molar-refractivity contribution in [3.05, 3.63) is 62.9 Å². The Kier molecular flexibility index (Phi) is 5.54. The molecule has 3 aromatic rings. The standard InChI is InChI=1S/C19H17ClN2O3S/c1-12-9-15(14-5-3-4-6-16(14)21-12)19(24)25-11-18(23)22(2)10-13-7-8-17(20)26-13/h3-9H,10-11H2,1-2H3. The third kappa shape index (κ3) is 4.20. The molecule has 0 N–H and O–H groups in total. The number of aryl methyl sites for hydroxylation is 1. The number of likely N-dealkylation sites (N-methyl/N-ethyl adjacent to an activating group) is 1. The summed E-state index contributed by atoms with van der Waals surface area (Å²) in [5.74, 6) is -0.814. The Morgan fingerprint density at radius 1 is 1.23 bits per heavy atom. The van der Waals surface area contributed by atoms with E-state index in [9.17, 15) is 9.59 Å². The minimum atomic E-state index is -0.535. The highest BCUT2D eigenvalue weighted by atomic mass is 35.5. The topological polar surface area (TPSA) is 59.5 Å². The molecule has 1 amide bonds. The zero-order valence-corrected chi connectivity index (χ0v) is 15.9. The van der Waals surface area contributed by atoms with Gasteiger partial charge in [0.15, 0.2) is 6.61 Å². The van der Waals surface area contributed by atoms with Gasteiger partial charge >= 0.3 is 5.97 Å². The lowest BCUT2D eigenvalue weighted by Gasteiger charge is -2.16. The van der Waals surface area contributed by atoms with Gasteiger partial charge in [-0.1, -0.05) is 29.8 Å². The van der Waals surface area contributed by atoms with Gasteiger partial charge in [-0.15, -0.1) is 11.3 Å². The summed E-state index contributed by atoms with van der Waals surface area (Å²) in [5, 5.41) is 0.706. The summed E-state index contributed by atoms with van der Waals surface area (Å²) in [4.78, 5) is 31.6. The molecule has 2 aromatic heterocycles. The predicted octanol–water partition coefficient (Wildman–Crippen LogP) is 4.07. The second-order valence-corrected chi connectivity index (χ2v) is 7.66. The van der Waals surface area contributed by atoms with E-state index in [1.54, 1.807) is 19.2 Å². The minimum Gasteiger partial charge on any atom is -0.452 e. The molecule has 0 fully saturated rings. The highest BCUT2D eigenvalue weighted by Gasteiger charge is 2.17. The molecular weight excluding hydrogens is 372 g/mol. The van der Waals surface area contributed by atoms with Gasteiger partial charge in [0, 0.05) is 23.0 Å². The molecule has 0 aliphatic carbocycles. The Hall–Kier alpha value is -2.44. The highest BCUT2D eigenvalue weighted by molar-refractivity contribution is 7.16. The van der Waals surface area contributed by atoms with Crippen molar-refractivity contribution in [3.63, 3.8) is 0 Å². The number of carbonyl (C=O) groups excluding carboxylic acids is 2. The lowest BCUT2D eigenvalue weighted by molar-refractivity contribution is -0.133. The first kappa shape index (κ1) is 18.4. The molecule has 0 aliphatic heterocycles. The van der Waals surface area contributed by atoms with E-state index in [0.717, 1.165) is 10.4 Å². The number of esters is 1. The molecule has 0 saturated carbocycles. The van der Waals surface area contributed by atoms with Gasteiger partial charge in [0.1, 0.15) is 0 Å². The maximum Gasteiger partial charge on any atom is 0.339 e. The number of benzene rings is 1. The molecule has 0 unspecified atom stereocenters. The minimum absolute atomic E-state index is 0.280. The van der Waals surface area contributed by atoms with Crippen LogP contribution in [0.3, 0.4) is 0 Å². The van der Waals surface area contributed by atoms with Crippen molar-refractivity contribution in [1.82, 2.24) is 9.88 Å². The van der Waals surface area contributed by atoms with Crippen molar-refractivity contribution >= 4 is 45.7 Å². The summed E-state index contributed by atoms with van der Waals surface area (Å²) >= 11 is 7.31. The predicted molar refractivity (Wildman–Crippen MR) is 103 cm³/mol. The Bertz CT molecular complexity index is 970. The number of para-hydroxylation sites is 1. The molecule has 1 aromatic carbocycles. The van der Waals surface area contributed by atoms with Crippen molar-refractivity contribution < 1.29 is 14.3 Å². The first-order valence-electron chi connectivity index (χ1n) is 7.96. The molecule has 0 bridgehead atoms. The van der Waals surface area contributed by atoms with Crippen LogP contribution in [0, 0.1) is 6.92 Å². The number of aromatic nitrogens is 1. The van der Waals surface area contributed by atoms with Crippen molar-refractivity contribution in [1.29, 1.82) is 0 Å². The largest absolute Gasteiger partial charge is 0.452 e. The Morgan fingerprint density at radius 2 is 2.00 bits per heavy atom. The fraction of sp³-hybridized carbons (Fsp3) is 0.211. The number of ether oxygens (including phenoxy) is 1. The van der Waals surface area contributed by atoms with Crippen molar-refractivity contribution in [2.24, 2.45) is 0 Å². The summed E-state index contributed by atoms with van der Waals surface area (Å²) < 4.78 is 5.91. The van der Waals surface area contributed by atoms with Crippen molar-refractivity contribution in [3.8, 4) is 0 Å². The molecule has 0 aliphatic rings. The van der Waals surface area contributed by atoms with Gasteiger partial charge in [0.2, 0.25) is 0 Å². The first-order valence-corrected chi connectivity index (χ1v) is 9.15. The molecule has 3 rings (SSSR count). The molecular formula is C19H17ClN2O3S. The molecule has 2 heterocycles. The average Bonchev–Trinajstić information content (AvgIpc) is 3.03. The highest BCUT2D eigenvalue weighted by Crippen LogP contribution is 2.22. The number of hydrogen-bond acceptors (Lipinski definition) is 5. The molecule has 0 radical (unpaired) electrons. The fourth-order valence-corrected chi connectivity index (χ4v) is 3.69. The number of amides is 1. The lowest BCUT2D eigenvalue weighted by atomic mass is 10.1. The van der Waals surface area contributed by atoms with Crippen molar-refractivity contribution in [2.45, 2.75) is 13.5 Å². The van der Waals surface area contributed by atoms with Crippen LogP contribution < -0.4 is 0 Å². The summed E-state index contributed by atoms with van der Waals surface area (Å²) in [6.45, 7) is 1.92. The van der Waals surface area contributed by atoms with E-state index in [0.29, 0.717) is 27.5 Å². The number of nitrogens with zero attached hydrogens (tertiary/aromatic N) is 2. The van der Waals surface area contributed by atoms with Crippen molar-refractivity contribution in [2.75, 3.05) is 13.7 Å². The first-order chi connectivity index (χ1) is 12.4. The number of halogens is 1. The van der Waals surface area contributed by atoms with E-state index >= 15 is 0 Å². The number of rotatable bonds is 5. The van der Waals surface area contributed by atoms with Gasteiger partial charge in [0.05, 0.1) is 22.0 Å². The number of pyridine rings is 1. The lowest BCUT2D eigenvalue weighted by Crippen LogP contribution is -2.30. The second-order valence-electron chi connectivity index (χ2n) is 5.86. The van der Waals surface area contributed by atoms with Crippen LogP contribution in [-0.4, -0.2) is 35.4 Å². The van der Waals surface area contributed by atoms with E-state index in [1.807, 2.05) is 37.3 Å². The zero-order valence-electron chi connectivity index (χ0n) is 14.4. The Morgan fingerprint density at radius 3 is 2.73 bits per heavy atom.